The number of carbonyl (C=O) groups is 1. The summed E-state index contributed by atoms with van der Waals surface area (Å²) in [4.78, 5) is 14.9. The van der Waals surface area contributed by atoms with Crippen LogP contribution in [-0.2, 0) is 17.1 Å². The Bertz CT molecular complexity index is 527. The highest BCUT2D eigenvalue weighted by Gasteiger charge is 2.49. The molecule has 196 valence electrons. The predicted octanol–water partition coefficient (Wildman–Crippen LogP) is 6.03. The van der Waals surface area contributed by atoms with Crippen molar-refractivity contribution >= 4 is 39.7 Å². The molecule has 1 N–H and O–H groups in total. The van der Waals surface area contributed by atoms with Gasteiger partial charge in [0.05, 0.1) is 0 Å². The SMILES string of the molecule is C[Si](C)(C)O[Si](CCCNC(=O)CCCCCN1CCCCC1)(O[Si](C)(C)C)O[Si](C)(C)C. The Morgan fingerprint density at radius 2 is 1.24 bits per heavy atom. The van der Waals surface area contributed by atoms with Gasteiger partial charge in [-0.3, -0.25) is 4.79 Å². The summed E-state index contributed by atoms with van der Waals surface area (Å²) in [5.41, 5.74) is 0. The maximum absolute atomic E-state index is 12.3. The largest absolute Gasteiger partial charge is 0.469 e. The number of piperidine rings is 1. The van der Waals surface area contributed by atoms with Crippen molar-refractivity contribution in [3.8, 4) is 0 Å². The minimum Gasteiger partial charge on any atom is -0.417 e. The average Bonchev–Trinajstić information content (AvgIpc) is 2.61. The van der Waals surface area contributed by atoms with E-state index >= 15 is 0 Å². The molecule has 0 radical (unpaired) electrons. The molecule has 10 heteroatoms. The lowest BCUT2D eigenvalue weighted by atomic mass is 10.1. The van der Waals surface area contributed by atoms with Gasteiger partial charge in [0.15, 0.2) is 25.0 Å². The van der Waals surface area contributed by atoms with Crippen molar-refractivity contribution in [1.82, 2.24) is 10.2 Å². The van der Waals surface area contributed by atoms with Crippen LogP contribution in [0.4, 0.5) is 0 Å². The summed E-state index contributed by atoms with van der Waals surface area (Å²) in [7, 11) is -8.34. The summed E-state index contributed by atoms with van der Waals surface area (Å²) < 4.78 is 20.1. The zero-order chi connectivity index (χ0) is 25.2. The van der Waals surface area contributed by atoms with Crippen molar-refractivity contribution in [2.24, 2.45) is 0 Å². The standard InChI is InChI=1S/C23H54N2O4Si4/c1-30(2,3)27-33(28-31(4,5)6,29-32(7,8)9)22-16-18-24-23(26)17-12-10-13-19-25-20-14-11-15-21-25/h10-22H2,1-9H3,(H,24,26). The summed E-state index contributed by atoms with van der Waals surface area (Å²) in [6, 6.07) is 0.780. The monoisotopic (exact) mass is 534 g/mol. The van der Waals surface area contributed by atoms with Crippen LogP contribution in [0, 0.1) is 0 Å². The van der Waals surface area contributed by atoms with Crippen LogP contribution < -0.4 is 5.32 Å². The molecule has 1 aliphatic rings. The minimum atomic E-state index is -2.80. The lowest BCUT2D eigenvalue weighted by molar-refractivity contribution is -0.121. The number of nitrogens with one attached hydrogen (secondary N) is 1. The number of carbonyl (C=O) groups excluding carboxylic acids is 1. The summed E-state index contributed by atoms with van der Waals surface area (Å²) in [6.45, 7) is 24.3. The third kappa shape index (κ3) is 16.5. The van der Waals surface area contributed by atoms with E-state index in [1.165, 1.54) is 45.3 Å². The fraction of sp³-hybridized carbons (Fsp3) is 0.957. The van der Waals surface area contributed by atoms with Crippen molar-refractivity contribution in [2.75, 3.05) is 26.2 Å². The van der Waals surface area contributed by atoms with Gasteiger partial charge in [0, 0.05) is 19.0 Å². The number of likely N-dealkylation sites (tertiary alicyclic amines) is 1. The van der Waals surface area contributed by atoms with Crippen molar-refractivity contribution < 1.29 is 17.1 Å². The fourth-order valence-corrected chi connectivity index (χ4v) is 18.9. The average molecular weight is 535 g/mol. The fourth-order valence-electron chi connectivity index (χ4n) is 4.22. The highest BCUT2D eigenvalue weighted by atomic mass is 28.5. The number of hydrogen-bond donors (Lipinski definition) is 1. The van der Waals surface area contributed by atoms with Gasteiger partial charge in [-0.1, -0.05) is 12.8 Å². The molecular weight excluding hydrogens is 481 g/mol. The van der Waals surface area contributed by atoms with Gasteiger partial charge in [-0.2, -0.15) is 0 Å². The molecule has 1 fully saturated rings. The summed E-state index contributed by atoms with van der Waals surface area (Å²) in [6.07, 6.45) is 8.88. The molecule has 1 amide bonds. The minimum absolute atomic E-state index is 0.170. The van der Waals surface area contributed by atoms with Crippen molar-refractivity contribution in [3.05, 3.63) is 0 Å². The van der Waals surface area contributed by atoms with E-state index in [1.807, 2.05) is 0 Å². The van der Waals surface area contributed by atoms with Crippen LogP contribution >= 0.6 is 0 Å². The van der Waals surface area contributed by atoms with E-state index in [9.17, 15) is 4.79 Å². The van der Waals surface area contributed by atoms with E-state index in [1.54, 1.807) is 0 Å². The molecule has 0 atom stereocenters. The zero-order valence-corrected chi connectivity index (χ0v) is 27.3. The third-order valence-corrected chi connectivity index (χ3v) is 17.2. The van der Waals surface area contributed by atoms with Gasteiger partial charge in [-0.05, 0) is 111 Å². The molecule has 0 bridgehead atoms. The number of rotatable bonds is 16. The Labute approximate surface area is 209 Å². The van der Waals surface area contributed by atoms with Crippen LogP contribution in [0.15, 0.2) is 0 Å². The van der Waals surface area contributed by atoms with Crippen LogP contribution in [0.5, 0.6) is 0 Å². The quantitative estimate of drug-likeness (QED) is 0.193. The second-order valence-corrected chi connectivity index (χ2v) is 29.5. The van der Waals surface area contributed by atoms with Crippen molar-refractivity contribution in [2.45, 2.75) is 116 Å². The van der Waals surface area contributed by atoms with Gasteiger partial charge >= 0.3 is 8.80 Å². The maximum atomic E-state index is 12.3. The lowest BCUT2D eigenvalue weighted by Gasteiger charge is -2.43. The molecule has 0 spiro atoms. The Kier molecular flexibility index (Phi) is 13.3. The second kappa shape index (κ2) is 14.1. The van der Waals surface area contributed by atoms with Crippen LogP contribution in [0.3, 0.4) is 0 Å². The topological polar surface area (TPSA) is 60.0 Å². The zero-order valence-electron chi connectivity index (χ0n) is 23.3. The van der Waals surface area contributed by atoms with Crippen LogP contribution in [0.1, 0.15) is 51.4 Å². The summed E-state index contributed by atoms with van der Waals surface area (Å²) >= 11 is 0. The molecule has 1 rings (SSSR count). The Morgan fingerprint density at radius 1 is 0.727 bits per heavy atom. The Morgan fingerprint density at radius 3 is 1.73 bits per heavy atom. The molecule has 0 unspecified atom stereocenters. The van der Waals surface area contributed by atoms with E-state index in [-0.39, 0.29) is 5.91 Å². The van der Waals surface area contributed by atoms with Crippen molar-refractivity contribution in [1.29, 1.82) is 0 Å². The molecule has 0 aromatic heterocycles. The smallest absolute Gasteiger partial charge is 0.417 e. The predicted molar refractivity (Wildman–Crippen MR) is 150 cm³/mol. The highest BCUT2D eigenvalue weighted by molar-refractivity contribution is 6.90. The van der Waals surface area contributed by atoms with E-state index in [2.05, 4.69) is 69.1 Å². The van der Waals surface area contributed by atoms with Gasteiger partial charge in [0.25, 0.3) is 0 Å². The first-order valence-corrected chi connectivity index (χ1v) is 25.3. The number of hydrogen-bond acceptors (Lipinski definition) is 5. The summed E-state index contributed by atoms with van der Waals surface area (Å²) in [5, 5.41) is 3.12. The summed E-state index contributed by atoms with van der Waals surface area (Å²) in [5.74, 6) is 0.170. The van der Waals surface area contributed by atoms with Crippen LogP contribution in [-0.4, -0.2) is 70.7 Å². The van der Waals surface area contributed by atoms with Gasteiger partial charge < -0.3 is 22.6 Å². The molecule has 0 aromatic rings. The Balaban J connectivity index is 2.45. The van der Waals surface area contributed by atoms with Crippen molar-refractivity contribution in [3.63, 3.8) is 0 Å². The van der Waals surface area contributed by atoms with E-state index in [0.29, 0.717) is 13.0 Å². The molecule has 0 aromatic carbocycles. The molecule has 33 heavy (non-hydrogen) atoms. The maximum Gasteiger partial charge on any atom is 0.469 e. The normalized spacial score (nSPS) is 16.8. The van der Waals surface area contributed by atoms with Gasteiger partial charge in [0.1, 0.15) is 0 Å². The number of nitrogens with zero attached hydrogens (tertiary/aromatic N) is 1. The van der Waals surface area contributed by atoms with E-state index < -0.39 is 33.8 Å². The number of unbranched alkanes of at least 4 members (excludes halogenated alkanes) is 2. The Hall–Kier alpha value is 0.178. The molecule has 6 nitrogen and oxygen atoms in total. The molecule has 1 saturated heterocycles. The first-order chi connectivity index (χ1) is 15.1. The molecular formula is C23H54N2O4Si4. The van der Waals surface area contributed by atoms with Crippen LogP contribution in [0.25, 0.3) is 0 Å². The number of amides is 1. The van der Waals surface area contributed by atoms with Gasteiger partial charge in [-0.15, -0.1) is 0 Å². The first kappa shape index (κ1) is 31.2. The van der Waals surface area contributed by atoms with Gasteiger partial charge in [0.2, 0.25) is 5.91 Å². The second-order valence-electron chi connectivity index (χ2n) is 12.5. The third-order valence-electron chi connectivity index (χ3n) is 5.19. The molecule has 1 heterocycles. The van der Waals surface area contributed by atoms with Gasteiger partial charge in [-0.25, -0.2) is 0 Å². The van der Waals surface area contributed by atoms with E-state index in [4.69, 9.17) is 12.3 Å². The van der Waals surface area contributed by atoms with Crippen LogP contribution in [0.2, 0.25) is 65.0 Å². The van der Waals surface area contributed by atoms with E-state index in [0.717, 1.165) is 25.3 Å². The lowest BCUT2D eigenvalue weighted by Crippen LogP contribution is -2.60. The molecule has 0 saturated carbocycles. The first-order valence-electron chi connectivity index (χ1n) is 13.2. The molecule has 1 aliphatic heterocycles. The highest BCUT2D eigenvalue weighted by Crippen LogP contribution is 2.29. The molecule has 0 aliphatic carbocycles.